The first-order valence-electron chi connectivity index (χ1n) is 16.8. The predicted octanol–water partition coefficient (Wildman–Crippen LogP) is 11.2. The lowest BCUT2D eigenvalue weighted by Crippen LogP contribution is -2.02. The summed E-state index contributed by atoms with van der Waals surface area (Å²) in [6.07, 6.45) is 7.24. The first-order valence-corrected chi connectivity index (χ1v) is 17.6. The van der Waals surface area contributed by atoms with Gasteiger partial charge in [-0.3, -0.25) is 0 Å². The molecule has 0 fully saturated rings. The Morgan fingerprint density at radius 1 is 0.549 bits per heavy atom. The van der Waals surface area contributed by atoms with Gasteiger partial charge in [-0.25, -0.2) is 24.9 Å². The van der Waals surface area contributed by atoms with Crippen molar-refractivity contribution in [3.05, 3.63) is 157 Å². The molecule has 51 heavy (non-hydrogen) atoms. The number of para-hydroxylation sites is 5. The maximum atomic E-state index is 6.09. The molecule has 7 nitrogen and oxygen atoms in total. The van der Waals surface area contributed by atoms with Crippen molar-refractivity contribution in [2.75, 3.05) is 0 Å². The fourth-order valence-electron chi connectivity index (χ4n) is 6.45. The molecule has 0 spiro atoms. The van der Waals surface area contributed by atoms with E-state index in [-0.39, 0.29) is 5.92 Å². The second-order valence-corrected chi connectivity index (χ2v) is 13.5. The molecule has 8 heteroatoms. The first kappa shape index (κ1) is 29.4. The summed E-state index contributed by atoms with van der Waals surface area (Å²) in [5.41, 5.74) is 10.8. The topological polar surface area (TPSA) is 90.7 Å². The van der Waals surface area contributed by atoms with Crippen LogP contribution in [0, 0.1) is 0 Å². The van der Waals surface area contributed by atoms with Crippen LogP contribution in [0.3, 0.4) is 0 Å². The van der Waals surface area contributed by atoms with Gasteiger partial charge in [0.25, 0.3) is 0 Å². The molecular weight excluding hydrogens is 651 g/mol. The Balaban J connectivity index is 1.00. The van der Waals surface area contributed by atoms with Crippen LogP contribution in [0.25, 0.3) is 82.7 Å². The van der Waals surface area contributed by atoms with Crippen molar-refractivity contribution in [3.8, 4) is 44.7 Å². The second kappa shape index (κ2) is 12.1. The van der Waals surface area contributed by atoms with Gasteiger partial charge in [0.05, 0.1) is 27.5 Å². The molecule has 5 aromatic carbocycles. The minimum atomic E-state index is 0.0522. The van der Waals surface area contributed by atoms with Crippen LogP contribution in [0.1, 0.15) is 23.9 Å². The van der Waals surface area contributed by atoms with Crippen molar-refractivity contribution in [2.24, 2.45) is 0 Å². The Morgan fingerprint density at radius 3 is 1.92 bits per heavy atom. The van der Waals surface area contributed by atoms with Crippen LogP contribution < -0.4 is 0 Å². The van der Waals surface area contributed by atoms with Gasteiger partial charge < -0.3 is 8.83 Å². The summed E-state index contributed by atoms with van der Waals surface area (Å²) in [6, 6.07) is 42.5. The summed E-state index contributed by atoms with van der Waals surface area (Å²) in [5.74, 6) is 2.01. The van der Waals surface area contributed by atoms with Gasteiger partial charge in [-0.2, -0.15) is 0 Å². The maximum Gasteiger partial charge on any atom is 0.227 e. The summed E-state index contributed by atoms with van der Waals surface area (Å²) in [5, 5.41) is 0.989. The van der Waals surface area contributed by atoms with Crippen LogP contribution in [-0.4, -0.2) is 24.9 Å². The van der Waals surface area contributed by atoms with Crippen molar-refractivity contribution < 1.29 is 8.83 Å². The molecule has 0 amide bonds. The molecule has 1 unspecified atom stereocenters. The van der Waals surface area contributed by atoms with Gasteiger partial charge in [0.1, 0.15) is 16.0 Å². The van der Waals surface area contributed by atoms with Crippen LogP contribution >= 0.6 is 11.3 Å². The Kier molecular flexibility index (Phi) is 6.99. The van der Waals surface area contributed by atoms with Crippen LogP contribution in [0.4, 0.5) is 0 Å². The summed E-state index contributed by atoms with van der Waals surface area (Å²) in [6.45, 7) is 0. The number of benzene rings is 5. The molecule has 0 aliphatic heterocycles. The predicted molar refractivity (Wildman–Crippen MR) is 203 cm³/mol. The van der Waals surface area contributed by atoms with Crippen molar-refractivity contribution >= 4 is 49.3 Å². The largest absolute Gasteiger partial charge is 0.440 e. The number of rotatable bonds is 6. The van der Waals surface area contributed by atoms with E-state index in [4.69, 9.17) is 28.8 Å². The number of thiazole rings is 1. The monoisotopic (exact) mass is 677 g/mol. The van der Waals surface area contributed by atoms with Gasteiger partial charge in [-0.15, -0.1) is 11.3 Å². The zero-order valence-electron chi connectivity index (χ0n) is 27.1. The van der Waals surface area contributed by atoms with Gasteiger partial charge in [0, 0.05) is 22.3 Å². The molecule has 0 bridgehead atoms. The third-order valence-electron chi connectivity index (χ3n) is 9.15. The van der Waals surface area contributed by atoms with Crippen molar-refractivity contribution in [3.63, 3.8) is 0 Å². The van der Waals surface area contributed by atoms with E-state index in [0.29, 0.717) is 11.7 Å². The maximum absolute atomic E-state index is 6.09. The third-order valence-corrected chi connectivity index (χ3v) is 10.2. The Hall–Kier alpha value is -6.51. The van der Waals surface area contributed by atoms with Crippen LogP contribution in [0.2, 0.25) is 0 Å². The highest BCUT2D eigenvalue weighted by Gasteiger charge is 2.20. The lowest BCUT2D eigenvalue weighted by Gasteiger charge is -2.15. The van der Waals surface area contributed by atoms with Gasteiger partial charge in [0.2, 0.25) is 11.8 Å². The number of allylic oxidation sites excluding steroid dienone is 4. The fraction of sp³-hybridized carbons (Fsp3) is 0.0465. The smallest absolute Gasteiger partial charge is 0.227 e. The lowest BCUT2D eigenvalue weighted by molar-refractivity contribution is 0.505. The number of hydrogen-bond acceptors (Lipinski definition) is 8. The Bertz CT molecular complexity index is 2560. The van der Waals surface area contributed by atoms with Gasteiger partial charge >= 0.3 is 0 Å². The van der Waals surface area contributed by atoms with E-state index in [2.05, 4.69) is 71.7 Å². The number of aromatic nitrogens is 5. The van der Waals surface area contributed by atoms with E-state index in [1.807, 2.05) is 78.9 Å². The van der Waals surface area contributed by atoms with Crippen LogP contribution in [0.15, 0.2) is 154 Å². The van der Waals surface area contributed by atoms with E-state index in [9.17, 15) is 0 Å². The summed E-state index contributed by atoms with van der Waals surface area (Å²) in [4.78, 5) is 24.5. The van der Waals surface area contributed by atoms with Crippen molar-refractivity contribution in [1.82, 2.24) is 24.9 Å². The standard InChI is InChI=1S/C43H27N5O2S/c1-4-10-37-32(7-1)46-41(49-37)29-19-13-26(14-20-29)35-25-36(27-15-21-30(22-16-27)42-47-33-8-2-5-11-38(33)50-42)45-40(44-35)28-17-23-31(24-18-28)43-48-34-9-3-6-12-39(34)51-43/h1-21,23-25,30H,22H2. The van der Waals surface area contributed by atoms with E-state index >= 15 is 0 Å². The normalized spacial score (nSPS) is 14.4. The quantitative estimate of drug-likeness (QED) is 0.173. The van der Waals surface area contributed by atoms with Crippen molar-refractivity contribution in [2.45, 2.75) is 12.3 Å². The molecule has 0 N–H and O–H groups in total. The van der Waals surface area contributed by atoms with E-state index in [1.54, 1.807) is 11.3 Å². The molecule has 4 aromatic heterocycles. The third kappa shape index (κ3) is 5.52. The Morgan fingerprint density at radius 2 is 1.20 bits per heavy atom. The van der Waals surface area contributed by atoms with E-state index in [1.165, 1.54) is 4.70 Å². The highest BCUT2D eigenvalue weighted by atomic mass is 32.1. The highest BCUT2D eigenvalue weighted by Crippen LogP contribution is 2.35. The average molecular weight is 678 g/mol. The molecule has 242 valence electrons. The molecule has 0 saturated carbocycles. The molecule has 0 saturated heterocycles. The molecule has 9 aromatic rings. The number of nitrogens with zero attached hydrogens (tertiary/aromatic N) is 5. The van der Waals surface area contributed by atoms with Gasteiger partial charge in [-0.1, -0.05) is 91.0 Å². The molecule has 1 aliphatic carbocycles. The second-order valence-electron chi connectivity index (χ2n) is 12.5. The summed E-state index contributed by atoms with van der Waals surface area (Å²) >= 11 is 1.69. The van der Waals surface area contributed by atoms with Crippen LogP contribution in [0.5, 0.6) is 0 Å². The molecule has 1 aliphatic rings. The molecule has 0 radical (unpaired) electrons. The van der Waals surface area contributed by atoms with E-state index < -0.39 is 0 Å². The minimum Gasteiger partial charge on any atom is -0.440 e. The number of oxazole rings is 2. The first-order chi connectivity index (χ1) is 25.2. The van der Waals surface area contributed by atoms with Gasteiger partial charge in [-0.05, 0) is 66.6 Å². The molecular formula is C43H27N5O2S. The zero-order chi connectivity index (χ0) is 33.7. The summed E-state index contributed by atoms with van der Waals surface area (Å²) < 4.78 is 13.3. The van der Waals surface area contributed by atoms with Gasteiger partial charge in [0.15, 0.2) is 17.0 Å². The highest BCUT2D eigenvalue weighted by molar-refractivity contribution is 7.21. The molecule has 4 heterocycles. The fourth-order valence-corrected chi connectivity index (χ4v) is 7.42. The average Bonchev–Trinajstić information content (AvgIpc) is 3.95. The van der Waals surface area contributed by atoms with Crippen molar-refractivity contribution in [1.29, 1.82) is 0 Å². The molecule has 1 atom stereocenters. The SMILES string of the molecule is C1=CC(c2nc3ccccc3o2)CC=C1c1cc(-c2ccc(-c3nc4ccccc4o3)cc2)nc(-c2ccc(-c3nc4ccccc4s3)cc2)n1. The zero-order valence-corrected chi connectivity index (χ0v) is 27.9. The molecule has 10 rings (SSSR count). The Labute approximate surface area is 296 Å². The minimum absolute atomic E-state index is 0.0522. The number of hydrogen-bond donors (Lipinski definition) is 0. The van der Waals surface area contributed by atoms with Crippen LogP contribution in [-0.2, 0) is 0 Å². The number of fused-ring (bicyclic) bond motifs is 3. The lowest BCUT2D eigenvalue weighted by atomic mass is 9.94. The van der Waals surface area contributed by atoms with E-state index in [0.717, 1.165) is 84.3 Å². The summed E-state index contributed by atoms with van der Waals surface area (Å²) in [7, 11) is 0.